The van der Waals surface area contributed by atoms with Crippen molar-refractivity contribution in [1.82, 2.24) is 0 Å². The highest BCUT2D eigenvalue weighted by Gasteiger charge is 2.07. The van der Waals surface area contributed by atoms with Crippen LogP contribution >= 0.6 is 0 Å². The zero-order valence-corrected chi connectivity index (χ0v) is 11.3. The van der Waals surface area contributed by atoms with Crippen molar-refractivity contribution in [1.29, 1.82) is 0 Å². The first-order valence-electron chi connectivity index (χ1n) is 6.80. The van der Waals surface area contributed by atoms with Crippen LogP contribution in [0.3, 0.4) is 0 Å². The summed E-state index contributed by atoms with van der Waals surface area (Å²) in [6.45, 7) is 7.43. The van der Waals surface area contributed by atoms with Crippen LogP contribution in [0.25, 0.3) is 0 Å². The van der Waals surface area contributed by atoms with Crippen molar-refractivity contribution in [3.63, 3.8) is 0 Å². The molecule has 2 nitrogen and oxygen atoms in total. The first-order chi connectivity index (χ1) is 8.29. The fraction of sp³-hybridized carbons (Fsp3) is 0.600. The first-order valence-corrected chi connectivity index (χ1v) is 6.80. The molecule has 0 aliphatic rings. The van der Waals surface area contributed by atoms with Gasteiger partial charge in [0.1, 0.15) is 0 Å². The van der Waals surface area contributed by atoms with Crippen molar-refractivity contribution in [3.05, 3.63) is 29.8 Å². The number of para-hydroxylation sites is 1. The molecule has 2 heteroatoms. The number of nitrogens with two attached hydrogens (primary N) is 1. The van der Waals surface area contributed by atoms with Crippen molar-refractivity contribution in [2.24, 2.45) is 5.73 Å². The van der Waals surface area contributed by atoms with Crippen LogP contribution < -0.4 is 10.6 Å². The fourth-order valence-corrected chi connectivity index (χ4v) is 2.11. The van der Waals surface area contributed by atoms with Gasteiger partial charge in [0.2, 0.25) is 0 Å². The standard InChI is InChI=1S/C15H26N2/c1-3-4-7-12-17(13-8-11-16)15-10-6-5-9-14(15)2/h5-6,9-10H,3-4,7-8,11-13,16H2,1-2H3. The van der Waals surface area contributed by atoms with Crippen LogP contribution in [0, 0.1) is 6.92 Å². The second-order valence-electron chi connectivity index (χ2n) is 4.62. The Labute approximate surface area is 106 Å². The van der Waals surface area contributed by atoms with Gasteiger partial charge in [-0.15, -0.1) is 0 Å². The minimum atomic E-state index is 0.774. The monoisotopic (exact) mass is 234 g/mol. The zero-order valence-electron chi connectivity index (χ0n) is 11.3. The maximum absolute atomic E-state index is 5.62. The van der Waals surface area contributed by atoms with E-state index in [9.17, 15) is 0 Å². The summed E-state index contributed by atoms with van der Waals surface area (Å²) in [5.41, 5.74) is 8.36. The van der Waals surface area contributed by atoms with Gasteiger partial charge in [-0.05, 0) is 37.9 Å². The quantitative estimate of drug-likeness (QED) is 0.699. The molecule has 0 aliphatic heterocycles. The van der Waals surface area contributed by atoms with Crippen molar-refractivity contribution in [3.8, 4) is 0 Å². The average molecular weight is 234 g/mol. The molecule has 0 saturated heterocycles. The predicted octanol–water partition coefficient (Wildman–Crippen LogP) is 3.34. The Bertz CT molecular complexity index is 310. The summed E-state index contributed by atoms with van der Waals surface area (Å²) in [4.78, 5) is 2.48. The number of hydrogen-bond acceptors (Lipinski definition) is 2. The molecule has 0 heterocycles. The van der Waals surface area contributed by atoms with E-state index in [1.807, 2.05) is 0 Å². The molecule has 0 bridgehead atoms. The molecule has 1 aromatic carbocycles. The number of aryl methyl sites for hydroxylation is 1. The van der Waals surface area contributed by atoms with E-state index in [-0.39, 0.29) is 0 Å². The molecule has 0 aromatic heterocycles. The third-order valence-electron chi connectivity index (χ3n) is 3.12. The Balaban J connectivity index is 2.64. The average Bonchev–Trinajstić information content (AvgIpc) is 2.35. The van der Waals surface area contributed by atoms with E-state index >= 15 is 0 Å². The summed E-state index contributed by atoms with van der Waals surface area (Å²) in [5, 5.41) is 0. The fourth-order valence-electron chi connectivity index (χ4n) is 2.11. The zero-order chi connectivity index (χ0) is 12.5. The van der Waals surface area contributed by atoms with Crippen LogP contribution in [0.2, 0.25) is 0 Å². The van der Waals surface area contributed by atoms with E-state index in [0.717, 1.165) is 26.1 Å². The minimum Gasteiger partial charge on any atom is -0.371 e. The van der Waals surface area contributed by atoms with Gasteiger partial charge in [-0.1, -0.05) is 38.0 Å². The summed E-state index contributed by atoms with van der Waals surface area (Å²) >= 11 is 0. The lowest BCUT2D eigenvalue weighted by atomic mass is 10.1. The number of rotatable bonds is 8. The van der Waals surface area contributed by atoms with E-state index in [0.29, 0.717) is 0 Å². The summed E-state index contributed by atoms with van der Waals surface area (Å²) in [6.07, 6.45) is 4.93. The van der Waals surface area contributed by atoms with Gasteiger partial charge in [-0.3, -0.25) is 0 Å². The minimum absolute atomic E-state index is 0.774. The number of hydrogen-bond donors (Lipinski definition) is 1. The third-order valence-corrected chi connectivity index (χ3v) is 3.12. The van der Waals surface area contributed by atoms with Gasteiger partial charge in [0.25, 0.3) is 0 Å². The van der Waals surface area contributed by atoms with Crippen LogP contribution in [0.15, 0.2) is 24.3 Å². The Hall–Kier alpha value is -1.02. The highest BCUT2D eigenvalue weighted by Crippen LogP contribution is 2.20. The molecule has 17 heavy (non-hydrogen) atoms. The molecule has 0 spiro atoms. The van der Waals surface area contributed by atoms with E-state index in [2.05, 4.69) is 43.0 Å². The van der Waals surface area contributed by atoms with E-state index in [4.69, 9.17) is 5.73 Å². The molecule has 0 amide bonds. The molecule has 0 aliphatic carbocycles. The summed E-state index contributed by atoms with van der Waals surface area (Å²) in [7, 11) is 0. The van der Waals surface area contributed by atoms with Crippen molar-refractivity contribution in [2.75, 3.05) is 24.5 Å². The smallest absolute Gasteiger partial charge is 0.0395 e. The van der Waals surface area contributed by atoms with Crippen LogP contribution in [0.5, 0.6) is 0 Å². The van der Waals surface area contributed by atoms with Gasteiger partial charge in [0, 0.05) is 18.8 Å². The molecule has 96 valence electrons. The van der Waals surface area contributed by atoms with E-state index < -0.39 is 0 Å². The SMILES string of the molecule is CCCCCN(CCCN)c1ccccc1C. The van der Waals surface area contributed by atoms with Crippen LogP contribution in [-0.2, 0) is 0 Å². The first kappa shape index (κ1) is 14.0. The molecule has 0 atom stereocenters. The Morgan fingerprint density at radius 3 is 2.41 bits per heavy atom. The predicted molar refractivity (Wildman–Crippen MR) is 76.6 cm³/mol. The highest BCUT2D eigenvalue weighted by atomic mass is 15.1. The molecular weight excluding hydrogens is 208 g/mol. The highest BCUT2D eigenvalue weighted by molar-refractivity contribution is 5.52. The maximum Gasteiger partial charge on any atom is 0.0395 e. The largest absolute Gasteiger partial charge is 0.371 e. The lowest BCUT2D eigenvalue weighted by molar-refractivity contribution is 0.659. The van der Waals surface area contributed by atoms with Crippen LogP contribution in [-0.4, -0.2) is 19.6 Å². The van der Waals surface area contributed by atoms with Crippen molar-refractivity contribution in [2.45, 2.75) is 39.5 Å². The van der Waals surface area contributed by atoms with E-state index in [1.165, 1.54) is 30.5 Å². The number of benzene rings is 1. The van der Waals surface area contributed by atoms with Gasteiger partial charge < -0.3 is 10.6 Å². The topological polar surface area (TPSA) is 29.3 Å². The number of anilines is 1. The summed E-state index contributed by atoms with van der Waals surface area (Å²) in [5.74, 6) is 0. The molecule has 0 saturated carbocycles. The molecule has 0 fully saturated rings. The Morgan fingerprint density at radius 2 is 1.76 bits per heavy atom. The van der Waals surface area contributed by atoms with Gasteiger partial charge in [0.05, 0.1) is 0 Å². The van der Waals surface area contributed by atoms with Crippen LogP contribution in [0.4, 0.5) is 5.69 Å². The van der Waals surface area contributed by atoms with Crippen molar-refractivity contribution < 1.29 is 0 Å². The molecular formula is C15H26N2. The normalized spacial score (nSPS) is 10.5. The molecule has 1 aromatic rings. The number of unbranched alkanes of at least 4 members (excludes halogenated alkanes) is 2. The van der Waals surface area contributed by atoms with Gasteiger partial charge >= 0.3 is 0 Å². The second-order valence-corrected chi connectivity index (χ2v) is 4.62. The molecule has 1 rings (SSSR count). The van der Waals surface area contributed by atoms with Gasteiger partial charge in [0.15, 0.2) is 0 Å². The van der Waals surface area contributed by atoms with Gasteiger partial charge in [-0.25, -0.2) is 0 Å². The van der Waals surface area contributed by atoms with Crippen LogP contribution in [0.1, 0.15) is 38.2 Å². The number of nitrogens with zero attached hydrogens (tertiary/aromatic N) is 1. The van der Waals surface area contributed by atoms with E-state index in [1.54, 1.807) is 0 Å². The third kappa shape index (κ3) is 4.78. The van der Waals surface area contributed by atoms with Crippen molar-refractivity contribution >= 4 is 5.69 Å². The second kappa shape index (κ2) is 8.13. The Kier molecular flexibility index (Phi) is 6.71. The maximum atomic E-state index is 5.62. The lowest BCUT2D eigenvalue weighted by Gasteiger charge is -2.26. The summed E-state index contributed by atoms with van der Waals surface area (Å²) < 4.78 is 0. The Morgan fingerprint density at radius 1 is 1.06 bits per heavy atom. The molecule has 2 N–H and O–H groups in total. The molecule has 0 unspecified atom stereocenters. The summed E-state index contributed by atoms with van der Waals surface area (Å²) in [6, 6.07) is 8.63. The van der Waals surface area contributed by atoms with Gasteiger partial charge in [-0.2, -0.15) is 0 Å². The lowest BCUT2D eigenvalue weighted by Crippen LogP contribution is -2.27. The molecule has 0 radical (unpaired) electrons.